The van der Waals surface area contributed by atoms with Gasteiger partial charge < -0.3 is 10.1 Å². The number of ether oxygens (including phenoxy) is 1. The number of amides is 3. The number of imide groups is 1. The Bertz CT molecular complexity index is 812. The molecule has 4 rings (SSSR count). The van der Waals surface area contributed by atoms with Crippen LogP contribution in [-0.4, -0.2) is 41.2 Å². The minimum Gasteiger partial charge on any atom is -0.454 e. The SMILES string of the molecule is C[C@@H](C(=O)OCC(=O)Nc1ccc(Cl)cc1)N1C(=O)[C@@H]2[C@@H]3CC[C@@H](C3)[C@@H]2C1=O. The third-order valence-corrected chi connectivity index (χ3v) is 6.42. The zero-order valence-corrected chi connectivity index (χ0v) is 16.1. The number of nitrogens with one attached hydrogen (secondary N) is 1. The summed E-state index contributed by atoms with van der Waals surface area (Å²) in [7, 11) is 0. The molecule has 0 spiro atoms. The van der Waals surface area contributed by atoms with E-state index in [1.807, 2.05) is 0 Å². The molecule has 28 heavy (non-hydrogen) atoms. The van der Waals surface area contributed by atoms with Gasteiger partial charge in [-0.3, -0.25) is 19.3 Å². The van der Waals surface area contributed by atoms with Crippen LogP contribution in [0.4, 0.5) is 5.69 Å². The number of hydrogen-bond donors (Lipinski definition) is 1. The van der Waals surface area contributed by atoms with E-state index < -0.39 is 24.5 Å². The van der Waals surface area contributed by atoms with Gasteiger partial charge in [0.1, 0.15) is 6.04 Å². The first kappa shape index (κ1) is 18.9. The van der Waals surface area contributed by atoms with Crippen LogP contribution in [0.25, 0.3) is 0 Å². The number of fused-ring (bicyclic) bond motifs is 5. The number of esters is 1. The molecular weight excluding hydrogens is 384 g/mol. The van der Waals surface area contributed by atoms with Crippen molar-refractivity contribution in [1.82, 2.24) is 4.90 Å². The van der Waals surface area contributed by atoms with Gasteiger partial charge in [-0.2, -0.15) is 0 Å². The molecule has 0 radical (unpaired) electrons. The Hall–Kier alpha value is -2.41. The molecule has 3 amide bonds. The van der Waals surface area contributed by atoms with Gasteiger partial charge in [0.15, 0.2) is 6.61 Å². The molecule has 3 fully saturated rings. The van der Waals surface area contributed by atoms with Gasteiger partial charge in [-0.05, 0) is 62.3 Å². The molecule has 1 aromatic carbocycles. The summed E-state index contributed by atoms with van der Waals surface area (Å²) in [5.41, 5.74) is 0.520. The van der Waals surface area contributed by atoms with Crippen LogP contribution in [0, 0.1) is 23.7 Å². The molecule has 0 aromatic heterocycles. The molecule has 1 aromatic rings. The molecule has 2 saturated carbocycles. The van der Waals surface area contributed by atoms with Crippen molar-refractivity contribution in [2.45, 2.75) is 32.2 Å². The van der Waals surface area contributed by atoms with Gasteiger partial charge in [-0.25, -0.2) is 4.79 Å². The normalized spacial score (nSPS) is 29.0. The van der Waals surface area contributed by atoms with E-state index in [1.165, 1.54) is 6.92 Å². The minimum absolute atomic E-state index is 0.254. The van der Waals surface area contributed by atoms with Crippen molar-refractivity contribution in [3.63, 3.8) is 0 Å². The highest BCUT2D eigenvalue weighted by Gasteiger charge is 2.62. The summed E-state index contributed by atoms with van der Waals surface area (Å²) in [4.78, 5) is 50.9. The molecule has 7 nitrogen and oxygen atoms in total. The molecule has 148 valence electrons. The fraction of sp³-hybridized carbons (Fsp3) is 0.500. The average Bonchev–Trinajstić information content (AvgIpc) is 3.35. The lowest BCUT2D eigenvalue weighted by molar-refractivity contribution is -0.159. The first-order chi connectivity index (χ1) is 13.4. The van der Waals surface area contributed by atoms with Crippen LogP contribution in [0.2, 0.25) is 5.02 Å². The van der Waals surface area contributed by atoms with Gasteiger partial charge in [-0.1, -0.05) is 11.6 Å². The number of anilines is 1. The Kier molecular flexibility index (Phi) is 4.87. The van der Waals surface area contributed by atoms with Crippen LogP contribution in [0.1, 0.15) is 26.2 Å². The first-order valence-corrected chi connectivity index (χ1v) is 9.83. The second kappa shape index (κ2) is 7.20. The van der Waals surface area contributed by atoms with E-state index in [4.69, 9.17) is 16.3 Å². The smallest absolute Gasteiger partial charge is 0.329 e. The number of halogens is 1. The van der Waals surface area contributed by atoms with Crippen molar-refractivity contribution >= 4 is 41.0 Å². The maximum atomic E-state index is 12.7. The average molecular weight is 405 g/mol. The molecule has 1 aliphatic heterocycles. The Balaban J connectivity index is 1.33. The second-order valence-corrected chi connectivity index (χ2v) is 8.21. The van der Waals surface area contributed by atoms with E-state index in [9.17, 15) is 19.2 Å². The summed E-state index contributed by atoms with van der Waals surface area (Å²) in [6, 6.07) is 5.46. The van der Waals surface area contributed by atoms with Gasteiger partial charge in [0.05, 0.1) is 11.8 Å². The lowest BCUT2D eigenvalue weighted by atomic mass is 9.81. The molecule has 1 heterocycles. The van der Waals surface area contributed by atoms with Gasteiger partial charge in [0, 0.05) is 10.7 Å². The van der Waals surface area contributed by atoms with E-state index in [1.54, 1.807) is 24.3 Å². The van der Waals surface area contributed by atoms with E-state index in [-0.39, 0.29) is 35.5 Å². The van der Waals surface area contributed by atoms with E-state index >= 15 is 0 Å². The first-order valence-electron chi connectivity index (χ1n) is 9.45. The second-order valence-electron chi connectivity index (χ2n) is 7.77. The molecule has 2 bridgehead atoms. The third-order valence-electron chi connectivity index (χ3n) is 6.16. The van der Waals surface area contributed by atoms with Crippen molar-refractivity contribution in [2.24, 2.45) is 23.7 Å². The van der Waals surface area contributed by atoms with E-state index in [0.29, 0.717) is 10.7 Å². The number of carbonyl (C=O) groups excluding carboxylic acids is 4. The Morgan fingerprint density at radius 1 is 1.14 bits per heavy atom. The molecule has 2 aliphatic carbocycles. The number of likely N-dealkylation sites (tertiary alicyclic amines) is 1. The fourth-order valence-electron chi connectivity index (χ4n) is 4.91. The molecule has 5 atom stereocenters. The van der Waals surface area contributed by atoms with Crippen molar-refractivity contribution < 1.29 is 23.9 Å². The zero-order chi connectivity index (χ0) is 20.0. The van der Waals surface area contributed by atoms with Crippen LogP contribution in [0.5, 0.6) is 0 Å². The van der Waals surface area contributed by atoms with Gasteiger partial charge >= 0.3 is 5.97 Å². The van der Waals surface area contributed by atoms with Crippen LogP contribution in [0.15, 0.2) is 24.3 Å². The highest BCUT2D eigenvalue weighted by atomic mass is 35.5. The number of carbonyl (C=O) groups is 4. The highest BCUT2D eigenvalue weighted by molar-refractivity contribution is 6.30. The topological polar surface area (TPSA) is 92.8 Å². The van der Waals surface area contributed by atoms with E-state index in [0.717, 1.165) is 24.2 Å². The van der Waals surface area contributed by atoms with Gasteiger partial charge in [0.2, 0.25) is 11.8 Å². The van der Waals surface area contributed by atoms with Crippen LogP contribution in [-0.2, 0) is 23.9 Å². The summed E-state index contributed by atoms with van der Waals surface area (Å²) in [6.07, 6.45) is 2.88. The molecular formula is C20H21ClN2O5. The molecule has 3 aliphatic rings. The minimum atomic E-state index is -1.03. The molecule has 1 N–H and O–H groups in total. The zero-order valence-electron chi connectivity index (χ0n) is 15.4. The number of rotatable bonds is 5. The quantitative estimate of drug-likeness (QED) is 0.600. The highest BCUT2D eigenvalue weighted by Crippen LogP contribution is 2.56. The summed E-state index contributed by atoms with van der Waals surface area (Å²) in [5, 5.41) is 3.12. The lowest BCUT2D eigenvalue weighted by Crippen LogP contribution is -2.45. The largest absolute Gasteiger partial charge is 0.454 e. The lowest BCUT2D eigenvalue weighted by Gasteiger charge is -2.23. The van der Waals surface area contributed by atoms with Crippen LogP contribution in [0.3, 0.4) is 0 Å². The number of benzene rings is 1. The third kappa shape index (κ3) is 3.17. The standard InChI is InChI=1S/C20H21ClN2O5/c1-10(20(27)28-9-15(24)22-14-6-4-13(21)5-7-14)23-18(25)16-11-2-3-12(8-11)17(16)19(23)26/h4-7,10-12,16-17H,2-3,8-9H2,1H3,(H,22,24)/t10-,11-,12+,16-,17+/m0/s1. The monoisotopic (exact) mass is 404 g/mol. The van der Waals surface area contributed by atoms with E-state index in [2.05, 4.69) is 5.32 Å². The Morgan fingerprint density at radius 3 is 2.29 bits per heavy atom. The number of nitrogens with zero attached hydrogens (tertiary/aromatic N) is 1. The Labute approximate surface area is 167 Å². The van der Waals surface area contributed by atoms with Crippen molar-refractivity contribution in [3.05, 3.63) is 29.3 Å². The summed E-state index contributed by atoms with van der Waals surface area (Å²) in [6.45, 7) is 0.971. The molecule has 8 heteroatoms. The summed E-state index contributed by atoms with van der Waals surface area (Å²) in [5.74, 6) is -1.87. The van der Waals surface area contributed by atoms with Crippen molar-refractivity contribution in [3.8, 4) is 0 Å². The van der Waals surface area contributed by atoms with Gasteiger partial charge in [-0.15, -0.1) is 0 Å². The Morgan fingerprint density at radius 2 is 1.71 bits per heavy atom. The predicted octanol–water partition coefficient (Wildman–Crippen LogP) is 2.24. The van der Waals surface area contributed by atoms with Crippen LogP contribution < -0.4 is 5.32 Å². The summed E-state index contributed by atoms with van der Waals surface area (Å²) >= 11 is 5.79. The van der Waals surface area contributed by atoms with Crippen LogP contribution >= 0.6 is 11.6 Å². The molecule has 0 unspecified atom stereocenters. The van der Waals surface area contributed by atoms with Gasteiger partial charge in [0.25, 0.3) is 5.91 Å². The van der Waals surface area contributed by atoms with Crippen molar-refractivity contribution in [2.75, 3.05) is 11.9 Å². The maximum absolute atomic E-state index is 12.7. The summed E-state index contributed by atoms with van der Waals surface area (Å²) < 4.78 is 5.04. The predicted molar refractivity (Wildman–Crippen MR) is 100 cm³/mol. The fourth-order valence-corrected chi connectivity index (χ4v) is 5.03. The number of hydrogen-bond acceptors (Lipinski definition) is 5. The maximum Gasteiger partial charge on any atom is 0.329 e. The van der Waals surface area contributed by atoms with Crippen molar-refractivity contribution in [1.29, 1.82) is 0 Å². The molecule has 1 saturated heterocycles.